The van der Waals surface area contributed by atoms with Crippen molar-refractivity contribution < 1.29 is 9.59 Å². The quantitative estimate of drug-likeness (QED) is 0.704. The normalized spacial score (nSPS) is 13.5. The SMILES string of the molecule is CN(CC(=O)NC1CC1)C(=O)CSc1nnc(Cc2ccccc2)n1C. The number of thioether (sulfide) groups is 1. The first-order valence-electron chi connectivity index (χ1n) is 8.61. The van der Waals surface area contributed by atoms with Crippen molar-refractivity contribution in [1.82, 2.24) is 25.0 Å². The minimum absolute atomic E-state index is 0.0912. The second kappa shape index (κ2) is 8.35. The molecule has 0 radical (unpaired) electrons. The molecule has 1 aromatic heterocycles. The van der Waals surface area contributed by atoms with Crippen LogP contribution in [0.4, 0.5) is 0 Å². The van der Waals surface area contributed by atoms with Crippen LogP contribution in [-0.2, 0) is 23.1 Å². The van der Waals surface area contributed by atoms with E-state index in [4.69, 9.17) is 0 Å². The van der Waals surface area contributed by atoms with Crippen LogP contribution >= 0.6 is 11.8 Å². The summed E-state index contributed by atoms with van der Waals surface area (Å²) in [6.07, 6.45) is 2.77. The highest BCUT2D eigenvalue weighted by atomic mass is 32.2. The van der Waals surface area contributed by atoms with Gasteiger partial charge in [0.15, 0.2) is 5.16 Å². The summed E-state index contributed by atoms with van der Waals surface area (Å²) >= 11 is 1.33. The van der Waals surface area contributed by atoms with Gasteiger partial charge in [0.25, 0.3) is 0 Å². The molecule has 138 valence electrons. The Bertz CT molecular complexity index is 773. The average Bonchev–Trinajstić information content (AvgIpc) is 3.37. The molecule has 1 aliphatic carbocycles. The van der Waals surface area contributed by atoms with Crippen molar-refractivity contribution in [2.45, 2.75) is 30.5 Å². The Balaban J connectivity index is 1.49. The summed E-state index contributed by atoms with van der Waals surface area (Å²) in [7, 11) is 3.55. The van der Waals surface area contributed by atoms with E-state index < -0.39 is 0 Å². The fourth-order valence-electron chi connectivity index (χ4n) is 2.44. The third-order valence-corrected chi connectivity index (χ3v) is 5.21. The van der Waals surface area contributed by atoms with Crippen LogP contribution in [0.15, 0.2) is 35.5 Å². The van der Waals surface area contributed by atoms with Crippen LogP contribution in [0.2, 0.25) is 0 Å². The van der Waals surface area contributed by atoms with E-state index in [2.05, 4.69) is 15.5 Å². The molecule has 0 bridgehead atoms. The summed E-state index contributed by atoms with van der Waals surface area (Å²) in [4.78, 5) is 25.5. The van der Waals surface area contributed by atoms with Crippen LogP contribution in [0.25, 0.3) is 0 Å². The van der Waals surface area contributed by atoms with Crippen molar-refractivity contribution in [3.8, 4) is 0 Å². The van der Waals surface area contributed by atoms with Gasteiger partial charge >= 0.3 is 0 Å². The second-order valence-corrected chi connectivity index (χ2v) is 7.44. The Kier molecular flexibility index (Phi) is 5.92. The molecule has 1 saturated carbocycles. The molecular formula is C18H23N5O2S. The van der Waals surface area contributed by atoms with Crippen molar-refractivity contribution in [3.63, 3.8) is 0 Å². The van der Waals surface area contributed by atoms with E-state index in [0.717, 1.165) is 24.2 Å². The van der Waals surface area contributed by atoms with Gasteiger partial charge in [0.05, 0.1) is 12.3 Å². The zero-order valence-electron chi connectivity index (χ0n) is 15.0. The molecule has 7 nitrogen and oxygen atoms in total. The number of carbonyl (C=O) groups is 2. The molecule has 0 unspecified atom stereocenters. The van der Waals surface area contributed by atoms with Crippen LogP contribution in [0.3, 0.4) is 0 Å². The number of nitrogens with one attached hydrogen (secondary N) is 1. The molecule has 26 heavy (non-hydrogen) atoms. The van der Waals surface area contributed by atoms with Gasteiger partial charge in [0.1, 0.15) is 5.82 Å². The molecule has 1 aliphatic rings. The highest BCUT2D eigenvalue weighted by Gasteiger charge is 2.24. The lowest BCUT2D eigenvalue weighted by Crippen LogP contribution is -2.39. The molecule has 1 N–H and O–H groups in total. The second-order valence-electron chi connectivity index (χ2n) is 6.50. The molecular weight excluding hydrogens is 350 g/mol. The van der Waals surface area contributed by atoms with E-state index in [1.807, 2.05) is 41.9 Å². The number of rotatable bonds is 8. The monoisotopic (exact) mass is 373 g/mol. The number of amides is 2. The summed E-state index contributed by atoms with van der Waals surface area (Å²) in [6.45, 7) is 0.0912. The Hall–Kier alpha value is -2.35. The molecule has 3 rings (SSSR count). The third kappa shape index (κ3) is 5.08. The molecule has 2 amide bonds. The lowest BCUT2D eigenvalue weighted by Gasteiger charge is -2.16. The molecule has 1 aromatic carbocycles. The third-order valence-electron chi connectivity index (χ3n) is 4.20. The van der Waals surface area contributed by atoms with Crippen molar-refractivity contribution in [1.29, 1.82) is 0 Å². The van der Waals surface area contributed by atoms with Gasteiger partial charge in [0.2, 0.25) is 11.8 Å². The summed E-state index contributed by atoms with van der Waals surface area (Å²) in [5.74, 6) is 0.874. The Morgan fingerprint density at radius 1 is 1.27 bits per heavy atom. The van der Waals surface area contributed by atoms with Gasteiger partial charge in [-0.25, -0.2) is 0 Å². The lowest BCUT2D eigenvalue weighted by molar-refractivity contribution is -0.132. The number of nitrogens with zero attached hydrogens (tertiary/aromatic N) is 4. The van der Waals surface area contributed by atoms with E-state index >= 15 is 0 Å². The van der Waals surface area contributed by atoms with Crippen molar-refractivity contribution in [3.05, 3.63) is 41.7 Å². The predicted octanol–water partition coefficient (Wildman–Crippen LogP) is 1.23. The van der Waals surface area contributed by atoms with Gasteiger partial charge in [-0.1, -0.05) is 42.1 Å². The van der Waals surface area contributed by atoms with E-state index in [-0.39, 0.29) is 24.1 Å². The Labute approximate surface area is 157 Å². The van der Waals surface area contributed by atoms with Crippen LogP contribution in [0.5, 0.6) is 0 Å². The largest absolute Gasteiger partial charge is 0.352 e. The smallest absolute Gasteiger partial charge is 0.239 e. The van der Waals surface area contributed by atoms with Gasteiger partial charge in [-0.05, 0) is 18.4 Å². The molecule has 1 fully saturated rings. The van der Waals surface area contributed by atoms with Crippen LogP contribution < -0.4 is 5.32 Å². The number of likely N-dealkylation sites (N-methyl/N-ethyl adjacent to an activating group) is 1. The molecule has 0 atom stereocenters. The molecule has 0 aliphatic heterocycles. The first kappa shape index (κ1) is 18.4. The van der Waals surface area contributed by atoms with Crippen LogP contribution in [0, 0.1) is 0 Å². The Morgan fingerprint density at radius 2 is 2.00 bits per heavy atom. The van der Waals surface area contributed by atoms with E-state index in [0.29, 0.717) is 17.6 Å². The molecule has 0 spiro atoms. The van der Waals surface area contributed by atoms with Crippen molar-refractivity contribution in [2.24, 2.45) is 7.05 Å². The number of aromatic nitrogens is 3. The highest BCUT2D eigenvalue weighted by molar-refractivity contribution is 7.99. The van der Waals surface area contributed by atoms with Gasteiger partial charge in [-0.15, -0.1) is 10.2 Å². The van der Waals surface area contributed by atoms with Crippen LogP contribution in [-0.4, -0.2) is 56.9 Å². The van der Waals surface area contributed by atoms with Gasteiger partial charge in [-0.3, -0.25) is 9.59 Å². The van der Waals surface area contributed by atoms with E-state index in [9.17, 15) is 9.59 Å². The number of benzene rings is 1. The summed E-state index contributed by atoms with van der Waals surface area (Å²) in [5, 5.41) is 12.0. The first-order valence-corrected chi connectivity index (χ1v) is 9.60. The maximum Gasteiger partial charge on any atom is 0.239 e. The van der Waals surface area contributed by atoms with Gasteiger partial charge < -0.3 is 14.8 Å². The topological polar surface area (TPSA) is 80.1 Å². The minimum atomic E-state index is -0.103. The zero-order valence-corrected chi connectivity index (χ0v) is 15.8. The summed E-state index contributed by atoms with van der Waals surface area (Å²) in [6, 6.07) is 10.4. The number of hydrogen-bond donors (Lipinski definition) is 1. The maximum atomic E-state index is 12.2. The lowest BCUT2D eigenvalue weighted by atomic mass is 10.1. The molecule has 0 saturated heterocycles. The predicted molar refractivity (Wildman–Crippen MR) is 99.8 cm³/mol. The maximum absolute atomic E-state index is 12.2. The van der Waals surface area contributed by atoms with Crippen molar-refractivity contribution >= 4 is 23.6 Å². The zero-order chi connectivity index (χ0) is 18.5. The Morgan fingerprint density at radius 3 is 2.69 bits per heavy atom. The number of hydrogen-bond acceptors (Lipinski definition) is 5. The summed E-state index contributed by atoms with van der Waals surface area (Å²) in [5.41, 5.74) is 1.16. The van der Waals surface area contributed by atoms with Gasteiger partial charge in [0, 0.05) is 26.6 Å². The first-order chi connectivity index (χ1) is 12.5. The molecule has 8 heteroatoms. The minimum Gasteiger partial charge on any atom is -0.352 e. The average molecular weight is 373 g/mol. The fraction of sp³-hybridized carbons (Fsp3) is 0.444. The standard InChI is InChI=1S/C18H23N5O2S/c1-22(11-16(24)19-14-8-9-14)17(25)12-26-18-21-20-15(23(18)2)10-13-6-4-3-5-7-13/h3-7,14H,8-12H2,1-2H3,(H,19,24). The molecule has 1 heterocycles. The van der Waals surface area contributed by atoms with Crippen molar-refractivity contribution in [2.75, 3.05) is 19.3 Å². The van der Waals surface area contributed by atoms with Gasteiger partial charge in [-0.2, -0.15) is 0 Å². The fourth-order valence-corrected chi connectivity index (χ4v) is 3.31. The number of carbonyl (C=O) groups excluding carboxylic acids is 2. The summed E-state index contributed by atoms with van der Waals surface area (Å²) < 4.78 is 1.91. The highest BCUT2D eigenvalue weighted by Crippen LogP contribution is 2.19. The molecule has 2 aromatic rings. The van der Waals surface area contributed by atoms with Crippen LogP contribution in [0.1, 0.15) is 24.2 Å². The van der Waals surface area contributed by atoms with E-state index in [1.165, 1.54) is 16.7 Å². The van der Waals surface area contributed by atoms with E-state index in [1.54, 1.807) is 7.05 Å².